The van der Waals surface area contributed by atoms with Crippen LogP contribution in [0.2, 0.25) is 0 Å². The molecule has 9 heteroatoms. The van der Waals surface area contributed by atoms with E-state index in [0.717, 1.165) is 37.4 Å². The molecule has 0 spiro atoms. The SMILES string of the molecule is CCS(=O)(=O)N1CCC(C(=O)NC(C)c2cc(F)ccc2N2CCN(C)CC2)CC1. The van der Waals surface area contributed by atoms with Crippen LogP contribution in [0.1, 0.15) is 38.3 Å². The second-order valence-electron chi connectivity index (χ2n) is 8.30. The smallest absolute Gasteiger partial charge is 0.223 e. The van der Waals surface area contributed by atoms with Crippen LogP contribution in [0, 0.1) is 11.7 Å². The molecule has 1 amide bonds. The number of amides is 1. The molecule has 2 saturated heterocycles. The van der Waals surface area contributed by atoms with Crippen molar-refractivity contribution >= 4 is 21.6 Å². The number of sulfonamides is 1. The van der Waals surface area contributed by atoms with E-state index < -0.39 is 10.0 Å². The molecule has 1 N–H and O–H groups in total. The van der Waals surface area contributed by atoms with Crippen molar-refractivity contribution in [2.24, 2.45) is 5.92 Å². The Kier molecular flexibility index (Phi) is 7.36. The van der Waals surface area contributed by atoms with Crippen LogP contribution in [0.4, 0.5) is 10.1 Å². The van der Waals surface area contributed by atoms with Gasteiger partial charge in [0.25, 0.3) is 0 Å². The second-order valence-corrected chi connectivity index (χ2v) is 10.6. The Balaban J connectivity index is 1.65. The quantitative estimate of drug-likeness (QED) is 0.731. The summed E-state index contributed by atoms with van der Waals surface area (Å²) < 4.78 is 39.5. The van der Waals surface area contributed by atoms with Gasteiger partial charge in [-0.3, -0.25) is 4.79 Å². The summed E-state index contributed by atoms with van der Waals surface area (Å²) >= 11 is 0. The van der Waals surface area contributed by atoms with E-state index in [-0.39, 0.29) is 29.4 Å². The van der Waals surface area contributed by atoms with Crippen LogP contribution in [0.25, 0.3) is 0 Å². The number of benzene rings is 1. The molecule has 3 rings (SSSR count). The largest absolute Gasteiger partial charge is 0.369 e. The monoisotopic (exact) mass is 440 g/mol. The molecule has 0 aromatic heterocycles. The average Bonchev–Trinajstić information content (AvgIpc) is 2.74. The van der Waals surface area contributed by atoms with Crippen molar-refractivity contribution in [3.63, 3.8) is 0 Å². The first-order valence-electron chi connectivity index (χ1n) is 10.7. The molecule has 7 nitrogen and oxygen atoms in total. The van der Waals surface area contributed by atoms with Gasteiger partial charge in [-0.15, -0.1) is 0 Å². The zero-order chi connectivity index (χ0) is 21.9. The Hall–Kier alpha value is -1.71. The number of carbonyl (C=O) groups is 1. The van der Waals surface area contributed by atoms with Crippen molar-refractivity contribution in [1.29, 1.82) is 0 Å². The van der Waals surface area contributed by atoms with Gasteiger partial charge >= 0.3 is 0 Å². The molecule has 30 heavy (non-hydrogen) atoms. The van der Waals surface area contributed by atoms with Gasteiger partial charge in [0.15, 0.2) is 0 Å². The number of piperidine rings is 1. The summed E-state index contributed by atoms with van der Waals surface area (Å²) in [6.07, 6.45) is 1.01. The first-order valence-corrected chi connectivity index (χ1v) is 12.3. The molecule has 168 valence electrons. The van der Waals surface area contributed by atoms with Gasteiger partial charge in [-0.2, -0.15) is 0 Å². The molecule has 2 aliphatic rings. The van der Waals surface area contributed by atoms with E-state index >= 15 is 0 Å². The average molecular weight is 441 g/mol. The van der Waals surface area contributed by atoms with Gasteiger partial charge in [-0.05, 0) is 51.9 Å². The number of rotatable bonds is 6. The molecule has 1 aromatic carbocycles. The molecule has 0 aliphatic carbocycles. The number of hydrogen-bond donors (Lipinski definition) is 1. The third-order valence-corrected chi connectivity index (χ3v) is 8.12. The Morgan fingerprint density at radius 3 is 2.40 bits per heavy atom. The number of carbonyl (C=O) groups excluding carboxylic acids is 1. The molecule has 0 radical (unpaired) electrons. The maximum absolute atomic E-state index is 14.0. The van der Waals surface area contributed by atoms with E-state index in [0.29, 0.717) is 25.9 Å². The number of hydrogen-bond acceptors (Lipinski definition) is 5. The Morgan fingerprint density at radius 2 is 1.80 bits per heavy atom. The van der Waals surface area contributed by atoms with Crippen LogP contribution in [0.15, 0.2) is 18.2 Å². The summed E-state index contributed by atoms with van der Waals surface area (Å²) in [5.74, 6) is -0.557. The van der Waals surface area contributed by atoms with Crippen LogP contribution in [0.5, 0.6) is 0 Å². The van der Waals surface area contributed by atoms with Crippen LogP contribution >= 0.6 is 0 Å². The minimum atomic E-state index is -3.21. The van der Waals surface area contributed by atoms with Crippen molar-refractivity contribution < 1.29 is 17.6 Å². The summed E-state index contributed by atoms with van der Waals surface area (Å²) in [6, 6.07) is 4.44. The van der Waals surface area contributed by atoms with E-state index in [2.05, 4.69) is 22.2 Å². The minimum absolute atomic E-state index is 0.0789. The number of nitrogens with one attached hydrogen (secondary N) is 1. The van der Waals surface area contributed by atoms with Crippen molar-refractivity contribution in [2.75, 3.05) is 57.0 Å². The highest BCUT2D eigenvalue weighted by molar-refractivity contribution is 7.89. The van der Waals surface area contributed by atoms with Crippen molar-refractivity contribution in [1.82, 2.24) is 14.5 Å². The summed E-state index contributed by atoms with van der Waals surface area (Å²) in [6.45, 7) is 7.86. The summed E-state index contributed by atoms with van der Waals surface area (Å²) in [7, 11) is -1.13. The van der Waals surface area contributed by atoms with Gasteiger partial charge in [-0.1, -0.05) is 0 Å². The van der Waals surface area contributed by atoms with Crippen molar-refractivity contribution in [2.45, 2.75) is 32.7 Å². The molecule has 1 atom stereocenters. The van der Waals surface area contributed by atoms with Crippen LogP contribution in [-0.2, 0) is 14.8 Å². The van der Waals surface area contributed by atoms with Gasteiger partial charge < -0.3 is 15.1 Å². The van der Waals surface area contributed by atoms with Gasteiger partial charge in [0.1, 0.15) is 5.82 Å². The molecule has 1 aromatic rings. The number of likely N-dealkylation sites (N-methyl/N-ethyl adjacent to an activating group) is 1. The van der Waals surface area contributed by atoms with E-state index in [1.807, 2.05) is 6.92 Å². The topological polar surface area (TPSA) is 73.0 Å². The van der Waals surface area contributed by atoms with E-state index in [4.69, 9.17) is 0 Å². The summed E-state index contributed by atoms with van der Waals surface area (Å²) in [4.78, 5) is 17.3. The fourth-order valence-electron chi connectivity index (χ4n) is 4.20. The lowest BCUT2D eigenvalue weighted by Gasteiger charge is -2.36. The lowest BCUT2D eigenvalue weighted by atomic mass is 9.96. The van der Waals surface area contributed by atoms with E-state index in [1.54, 1.807) is 13.0 Å². The van der Waals surface area contributed by atoms with E-state index in [9.17, 15) is 17.6 Å². The fraction of sp³-hybridized carbons (Fsp3) is 0.667. The molecular weight excluding hydrogens is 407 g/mol. The predicted molar refractivity (Wildman–Crippen MR) is 116 cm³/mol. The maximum atomic E-state index is 14.0. The first kappa shape index (κ1) is 23.0. The van der Waals surface area contributed by atoms with E-state index in [1.165, 1.54) is 16.4 Å². The molecule has 1 unspecified atom stereocenters. The van der Waals surface area contributed by atoms with Gasteiger partial charge in [0, 0.05) is 56.4 Å². The number of anilines is 1. The molecule has 2 aliphatic heterocycles. The van der Waals surface area contributed by atoms with Crippen molar-refractivity contribution in [3.8, 4) is 0 Å². The Labute approximate surface area is 179 Å². The van der Waals surface area contributed by atoms with Gasteiger partial charge in [0.05, 0.1) is 11.8 Å². The van der Waals surface area contributed by atoms with Crippen molar-refractivity contribution in [3.05, 3.63) is 29.6 Å². The van der Waals surface area contributed by atoms with Crippen LogP contribution in [-0.4, -0.2) is 75.6 Å². The van der Waals surface area contributed by atoms with Gasteiger partial charge in [0.2, 0.25) is 15.9 Å². The molecule has 0 saturated carbocycles. The minimum Gasteiger partial charge on any atom is -0.369 e. The Morgan fingerprint density at radius 1 is 1.17 bits per heavy atom. The number of halogens is 1. The zero-order valence-electron chi connectivity index (χ0n) is 18.1. The Bertz CT molecular complexity index is 848. The lowest BCUT2D eigenvalue weighted by molar-refractivity contribution is -0.126. The maximum Gasteiger partial charge on any atom is 0.223 e. The van der Waals surface area contributed by atoms with Crippen LogP contribution in [0.3, 0.4) is 0 Å². The molecule has 2 fully saturated rings. The molecule has 0 bridgehead atoms. The normalized spacial score (nSPS) is 20.9. The third-order valence-electron chi connectivity index (χ3n) is 6.24. The molecule has 2 heterocycles. The summed E-state index contributed by atoms with van der Waals surface area (Å²) in [5, 5.41) is 3.04. The predicted octanol–water partition coefficient (Wildman–Crippen LogP) is 1.82. The first-order chi connectivity index (χ1) is 14.2. The molecular formula is C21H33FN4O3S. The highest BCUT2D eigenvalue weighted by Crippen LogP contribution is 2.29. The van der Waals surface area contributed by atoms with Gasteiger partial charge in [-0.25, -0.2) is 17.1 Å². The summed E-state index contributed by atoms with van der Waals surface area (Å²) in [5.41, 5.74) is 1.74. The number of nitrogens with zero attached hydrogens (tertiary/aromatic N) is 3. The lowest BCUT2D eigenvalue weighted by Crippen LogP contribution is -2.45. The zero-order valence-corrected chi connectivity index (χ0v) is 18.9. The highest BCUT2D eigenvalue weighted by Gasteiger charge is 2.31. The van der Waals surface area contributed by atoms with Crippen LogP contribution < -0.4 is 10.2 Å². The third kappa shape index (κ3) is 5.31. The standard InChI is InChI=1S/C21H33FN4O3S/c1-4-30(28,29)26-9-7-17(8-10-26)21(27)23-16(2)19-15-18(22)5-6-20(19)25-13-11-24(3)12-14-25/h5-6,15-17H,4,7-14H2,1-3H3,(H,23,27). The number of piperazine rings is 1. The second kappa shape index (κ2) is 9.62. The fourth-order valence-corrected chi connectivity index (χ4v) is 5.33. The highest BCUT2D eigenvalue weighted by atomic mass is 32.2.